The van der Waals surface area contributed by atoms with Crippen molar-refractivity contribution in [2.75, 3.05) is 26.2 Å². The van der Waals surface area contributed by atoms with Gasteiger partial charge < -0.3 is 5.32 Å². The molecule has 1 radical (unpaired) electrons. The van der Waals surface area contributed by atoms with Crippen molar-refractivity contribution >= 4 is 0 Å². The highest BCUT2D eigenvalue weighted by atomic mass is 15.2. The Morgan fingerprint density at radius 2 is 1.95 bits per heavy atom. The summed E-state index contributed by atoms with van der Waals surface area (Å²) in [5.41, 5.74) is 3.68. The first-order valence-electron chi connectivity index (χ1n) is 7.23. The molecule has 0 spiro atoms. The second-order valence-corrected chi connectivity index (χ2v) is 5.21. The first-order chi connectivity index (χ1) is 9.86. The predicted molar refractivity (Wildman–Crippen MR) is 81.4 cm³/mol. The van der Waals surface area contributed by atoms with Gasteiger partial charge in [0.25, 0.3) is 0 Å². The molecule has 3 nitrogen and oxygen atoms in total. The lowest BCUT2D eigenvalue weighted by Crippen LogP contribution is -2.44. The van der Waals surface area contributed by atoms with Gasteiger partial charge in [-0.25, -0.2) is 0 Å². The Kier molecular flexibility index (Phi) is 4.09. The largest absolute Gasteiger partial charge is 0.314 e. The summed E-state index contributed by atoms with van der Waals surface area (Å²) in [5.74, 6) is 0. The summed E-state index contributed by atoms with van der Waals surface area (Å²) in [7, 11) is 0. The third-order valence-corrected chi connectivity index (χ3v) is 4.01. The lowest BCUT2D eigenvalue weighted by molar-refractivity contribution is 0.186. The van der Waals surface area contributed by atoms with Gasteiger partial charge in [-0.3, -0.25) is 9.88 Å². The summed E-state index contributed by atoms with van der Waals surface area (Å²) in [4.78, 5) is 6.66. The zero-order valence-electron chi connectivity index (χ0n) is 11.8. The summed E-state index contributed by atoms with van der Waals surface area (Å²) in [6.45, 7) is 6.65. The molecule has 1 aromatic carbocycles. The molecule has 2 aromatic rings. The average molecular weight is 266 g/mol. The Morgan fingerprint density at radius 1 is 1.15 bits per heavy atom. The first kappa shape index (κ1) is 13.3. The molecule has 20 heavy (non-hydrogen) atoms. The van der Waals surface area contributed by atoms with Gasteiger partial charge in [0.05, 0.1) is 6.20 Å². The van der Waals surface area contributed by atoms with Gasteiger partial charge in [-0.15, -0.1) is 0 Å². The molecule has 3 rings (SSSR count). The molecular weight excluding hydrogens is 246 g/mol. The minimum Gasteiger partial charge on any atom is -0.314 e. The molecule has 0 bridgehead atoms. The number of pyridine rings is 1. The Morgan fingerprint density at radius 3 is 2.70 bits per heavy atom. The van der Waals surface area contributed by atoms with E-state index in [9.17, 15) is 0 Å². The van der Waals surface area contributed by atoms with Crippen molar-refractivity contribution in [3.63, 3.8) is 0 Å². The second-order valence-electron chi connectivity index (χ2n) is 5.21. The number of hydrogen-bond acceptors (Lipinski definition) is 3. The van der Waals surface area contributed by atoms with E-state index >= 15 is 0 Å². The normalized spacial score (nSPS) is 17.9. The smallest absolute Gasteiger partial charge is 0.0970 e. The number of aromatic nitrogens is 1. The quantitative estimate of drug-likeness (QED) is 0.925. The van der Waals surface area contributed by atoms with Gasteiger partial charge in [0.15, 0.2) is 0 Å². The lowest BCUT2D eigenvalue weighted by Gasteiger charge is -2.34. The molecule has 0 saturated carbocycles. The minimum atomic E-state index is 0.418. The van der Waals surface area contributed by atoms with Gasteiger partial charge in [-0.2, -0.15) is 0 Å². The first-order valence-corrected chi connectivity index (χ1v) is 7.23. The Balaban J connectivity index is 1.93. The van der Waals surface area contributed by atoms with Crippen LogP contribution in [0.2, 0.25) is 0 Å². The zero-order valence-corrected chi connectivity index (χ0v) is 11.8. The van der Waals surface area contributed by atoms with Gasteiger partial charge in [0.1, 0.15) is 0 Å². The highest BCUT2D eigenvalue weighted by Gasteiger charge is 2.20. The van der Waals surface area contributed by atoms with Gasteiger partial charge >= 0.3 is 0 Å². The van der Waals surface area contributed by atoms with Crippen molar-refractivity contribution in [3.8, 4) is 11.1 Å². The van der Waals surface area contributed by atoms with Crippen molar-refractivity contribution in [2.24, 2.45) is 0 Å². The summed E-state index contributed by atoms with van der Waals surface area (Å²) in [6.07, 6.45) is 4.87. The van der Waals surface area contributed by atoms with Gasteiger partial charge in [-0.1, -0.05) is 30.3 Å². The number of nitrogens with zero attached hydrogens (tertiary/aromatic N) is 2. The molecule has 1 N–H and O–H groups in total. The van der Waals surface area contributed by atoms with Crippen molar-refractivity contribution in [1.82, 2.24) is 15.2 Å². The summed E-state index contributed by atoms with van der Waals surface area (Å²) < 4.78 is 0. The van der Waals surface area contributed by atoms with E-state index in [4.69, 9.17) is 0 Å². The maximum Gasteiger partial charge on any atom is 0.0970 e. The van der Waals surface area contributed by atoms with Crippen LogP contribution in [-0.4, -0.2) is 36.1 Å². The standard InChI is InChI=1S/C17H20N3/c1-14(20-11-9-18-10-12-20)16-6-2-3-7-17(16)15-5-4-8-19-13-15/h2-8,14,18H,9-12H2,1H3. The molecule has 103 valence electrons. The van der Waals surface area contributed by atoms with Crippen molar-refractivity contribution in [1.29, 1.82) is 0 Å². The van der Waals surface area contributed by atoms with Crippen LogP contribution in [0.1, 0.15) is 18.5 Å². The molecule has 3 heteroatoms. The highest BCUT2D eigenvalue weighted by molar-refractivity contribution is 5.66. The zero-order chi connectivity index (χ0) is 13.8. The van der Waals surface area contributed by atoms with E-state index in [1.807, 2.05) is 6.07 Å². The molecule has 1 fully saturated rings. The van der Waals surface area contributed by atoms with E-state index in [2.05, 4.69) is 58.7 Å². The van der Waals surface area contributed by atoms with E-state index in [-0.39, 0.29) is 0 Å². The highest BCUT2D eigenvalue weighted by Crippen LogP contribution is 2.30. The minimum absolute atomic E-state index is 0.418. The van der Waals surface area contributed by atoms with E-state index in [0.29, 0.717) is 6.04 Å². The topological polar surface area (TPSA) is 28.2 Å². The number of piperazine rings is 1. The van der Waals surface area contributed by atoms with Crippen LogP contribution in [0.25, 0.3) is 11.1 Å². The maximum atomic E-state index is 4.13. The van der Waals surface area contributed by atoms with Crippen molar-refractivity contribution in [3.05, 3.63) is 54.4 Å². The third-order valence-electron chi connectivity index (χ3n) is 4.01. The molecule has 0 aliphatic carbocycles. The van der Waals surface area contributed by atoms with Crippen LogP contribution in [0.4, 0.5) is 0 Å². The molecular formula is C17H20N3. The van der Waals surface area contributed by atoms with E-state index < -0.39 is 0 Å². The Labute approximate surface area is 120 Å². The molecule has 1 atom stereocenters. The van der Waals surface area contributed by atoms with Crippen LogP contribution in [0.3, 0.4) is 0 Å². The van der Waals surface area contributed by atoms with Crippen LogP contribution < -0.4 is 5.32 Å². The third kappa shape index (κ3) is 2.74. The van der Waals surface area contributed by atoms with Crippen LogP contribution in [0, 0.1) is 6.20 Å². The average Bonchev–Trinajstić information content (AvgIpc) is 2.56. The van der Waals surface area contributed by atoms with Crippen molar-refractivity contribution in [2.45, 2.75) is 13.0 Å². The summed E-state index contributed by atoms with van der Waals surface area (Å²) in [5, 5.41) is 3.41. The van der Waals surface area contributed by atoms with Crippen LogP contribution >= 0.6 is 0 Å². The molecule has 1 unspecified atom stereocenters. The van der Waals surface area contributed by atoms with Gasteiger partial charge in [-0.05, 0) is 24.1 Å². The number of nitrogens with one attached hydrogen (secondary N) is 1. The molecule has 1 aromatic heterocycles. The molecule has 1 aliphatic rings. The monoisotopic (exact) mass is 266 g/mol. The molecule has 1 saturated heterocycles. The van der Waals surface area contributed by atoms with E-state index in [1.54, 1.807) is 6.20 Å². The molecule has 1 aliphatic heterocycles. The second kappa shape index (κ2) is 6.16. The van der Waals surface area contributed by atoms with Crippen LogP contribution in [-0.2, 0) is 0 Å². The Bertz CT molecular complexity index is 547. The maximum absolute atomic E-state index is 4.13. The van der Waals surface area contributed by atoms with Gasteiger partial charge in [0, 0.05) is 44.0 Å². The number of hydrogen-bond donors (Lipinski definition) is 1. The molecule has 0 amide bonds. The van der Waals surface area contributed by atoms with Gasteiger partial charge in [0.2, 0.25) is 0 Å². The Hall–Kier alpha value is -1.71. The fourth-order valence-corrected chi connectivity index (χ4v) is 2.85. The fourth-order valence-electron chi connectivity index (χ4n) is 2.85. The SMILES string of the molecule is CC(c1ccccc1-c1[c]nccc1)N1CCNCC1. The molecule has 2 heterocycles. The van der Waals surface area contributed by atoms with E-state index in [0.717, 1.165) is 31.7 Å². The predicted octanol–water partition coefficient (Wildman–Crippen LogP) is 2.51. The van der Waals surface area contributed by atoms with Crippen molar-refractivity contribution < 1.29 is 0 Å². The van der Waals surface area contributed by atoms with Crippen LogP contribution in [0.5, 0.6) is 0 Å². The lowest BCUT2D eigenvalue weighted by atomic mass is 9.95. The summed E-state index contributed by atoms with van der Waals surface area (Å²) >= 11 is 0. The fraction of sp³-hybridized carbons (Fsp3) is 0.353. The summed E-state index contributed by atoms with van der Waals surface area (Å²) in [6, 6.07) is 13.1. The van der Waals surface area contributed by atoms with Crippen LogP contribution in [0.15, 0.2) is 42.6 Å². The number of benzene rings is 1. The number of rotatable bonds is 3. The van der Waals surface area contributed by atoms with E-state index in [1.165, 1.54) is 11.1 Å².